The van der Waals surface area contributed by atoms with Gasteiger partial charge in [-0.05, 0) is 0 Å². The molecule has 0 saturated heterocycles. The summed E-state index contributed by atoms with van der Waals surface area (Å²) in [6.07, 6.45) is 7.29. The molecule has 0 spiro atoms. The molecule has 1 unspecified atom stereocenters. The summed E-state index contributed by atoms with van der Waals surface area (Å²) in [6.45, 7) is 0. The van der Waals surface area contributed by atoms with E-state index in [4.69, 9.17) is 12.2 Å². The van der Waals surface area contributed by atoms with E-state index in [1.54, 1.807) is 16.9 Å². The summed E-state index contributed by atoms with van der Waals surface area (Å²) in [6, 6.07) is 0. The molecule has 1 aliphatic rings. The fraction of sp³-hybridized carbons (Fsp3) is 0.286. The van der Waals surface area contributed by atoms with Gasteiger partial charge in [0.1, 0.15) is 0 Å². The molecule has 0 fully saturated rings. The van der Waals surface area contributed by atoms with Crippen molar-refractivity contribution in [3.63, 3.8) is 0 Å². The Morgan fingerprint density at radius 3 is 2.89 bits per heavy atom. The minimum atomic E-state index is 0.977. The van der Waals surface area contributed by atoms with Crippen LogP contribution in [-0.2, 0) is 0 Å². The van der Waals surface area contributed by atoms with Crippen molar-refractivity contribution in [1.29, 1.82) is 0 Å². The van der Waals surface area contributed by atoms with Crippen molar-refractivity contribution in [2.75, 3.05) is 0 Å². The first-order valence-corrected chi connectivity index (χ1v) is 5.05. The molecule has 0 nitrogen and oxygen atoms in total. The Balaban J connectivity index is 2.74. The van der Waals surface area contributed by atoms with Crippen molar-refractivity contribution in [1.82, 2.24) is 0 Å². The van der Waals surface area contributed by atoms with Gasteiger partial charge >= 0.3 is 69.4 Å². The second-order valence-electron chi connectivity index (χ2n) is 1.95. The number of hydrogen-bond donors (Lipinski definition) is 0. The van der Waals surface area contributed by atoms with Crippen molar-refractivity contribution in [2.45, 2.75) is 11.6 Å². The average molecular weight is 200 g/mol. The first-order chi connectivity index (χ1) is 4.34. The third-order valence-electron chi connectivity index (χ3n) is 1.31. The third-order valence-corrected chi connectivity index (χ3v) is 2.67. The van der Waals surface area contributed by atoms with Crippen molar-refractivity contribution in [3.8, 4) is 0 Å². The van der Waals surface area contributed by atoms with Crippen LogP contribution in [0.4, 0.5) is 0 Å². The van der Waals surface area contributed by atoms with Crippen LogP contribution in [0.5, 0.6) is 0 Å². The van der Waals surface area contributed by atoms with E-state index in [9.17, 15) is 0 Å². The molecule has 48 valence electrons. The number of thiocarbonyl (C=S) groups is 1. The van der Waals surface area contributed by atoms with Crippen LogP contribution in [0, 0.1) is 0 Å². The first-order valence-electron chi connectivity index (χ1n) is 2.93. The molecule has 1 aliphatic carbocycles. The van der Waals surface area contributed by atoms with Gasteiger partial charge in [0, 0.05) is 0 Å². The number of rotatable bonds is 1. The van der Waals surface area contributed by atoms with Crippen LogP contribution >= 0.6 is 12.2 Å². The van der Waals surface area contributed by atoms with Crippen LogP contribution in [-0.4, -0.2) is 21.7 Å². The van der Waals surface area contributed by atoms with E-state index in [0.717, 1.165) is 16.5 Å². The van der Waals surface area contributed by atoms with Gasteiger partial charge in [0.2, 0.25) is 0 Å². The molecule has 0 saturated carbocycles. The summed E-state index contributed by atoms with van der Waals surface area (Å²) in [7, 11) is 0. The predicted octanol–water partition coefficient (Wildman–Crippen LogP) is 1.29. The Morgan fingerprint density at radius 1 is 1.67 bits per heavy atom. The molecule has 0 bridgehead atoms. The van der Waals surface area contributed by atoms with E-state index in [1.165, 1.54) is 5.57 Å². The zero-order valence-corrected chi connectivity index (χ0v) is 8.37. The molecular formula is C7H9AsS. The summed E-state index contributed by atoms with van der Waals surface area (Å²) in [5.41, 5.74) is 1.35. The van der Waals surface area contributed by atoms with Crippen molar-refractivity contribution in [3.05, 3.63) is 23.8 Å². The van der Waals surface area contributed by atoms with Crippen LogP contribution < -0.4 is 0 Å². The summed E-state index contributed by atoms with van der Waals surface area (Å²) in [4.78, 5) is 1.13. The summed E-state index contributed by atoms with van der Waals surface area (Å²) in [5.74, 6) is 0. The Bertz CT molecular complexity index is 179. The molecular weight excluding hydrogens is 191 g/mol. The Labute approximate surface area is 69.5 Å². The molecule has 2 heteroatoms. The van der Waals surface area contributed by atoms with Crippen LogP contribution in [0.1, 0.15) is 6.42 Å². The van der Waals surface area contributed by atoms with Gasteiger partial charge in [-0.2, -0.15) is 0 Å². The van der Waals surface area contributed by atoms with Crippen molar-refractivity contribution in [2.24, 2.45) is 0 Å². The maximum atomic E-state index is 5.12. The molecule has 0 aliphatic heterocycles. The summed E-state index contributed by atoms with van der Waals surface area (Å²) in [5, 5.41) is 1.14. The SMILES string of the molecule is S=C1CC=CC=C1C[AsH2]. The second-order valence-corrected chi connectivity index (χ2v) is 3.30. The minimum absolute atomic E-state index is 0.977. The molecule has 0 heterocycles. The van der Waals surface area contributed by atoms with E-state index in [1.807, 2.05) is 0 Å². The Kier molecular flexibility index (Phi) is 2.68. The van der Waals surface area contributed by atoms with E-state index in [0.29, 0.717) is 0 Å². The number of allylic oxidation sites excluding steroid dienone is 4. The molecule has 0 amide bonds. The maximum absolute atomic E-state index is 5.12. The fourth-order valence-corrected chi connectivity index (χ4v) is 2.13. The zero-order chi connectivity index (χ0) is 6.69. The molecule has 0 aromatic rings. The van der Waals surface area contributed by atoms with Crippen LogP contribution in [0.3, 0.4) is 0 Å². The standard InChI is InChI=1S/C7H9AsS/c8-5-6-3-1-2-4-7(6)9/h1-3H,4-5,8H2. The quantitative estimate of drug-likeness (QED) is 0.454. The summed E-state index contributed by atoms with van der Waals surface area (Å²) < 4.78 is 0. The molecule has 0 aromatic heterocycles. The Morgan fingerprint density at radius 2 is 2.44 bits per heavy atom. The van der Waals surface area contributed by atoms with E-state index < -0.39 is 0 Å². The average Bonchev–Trinajstić information content (AvgIpc) is 1.89. The van der Waals surface area contributed by atoms with Gasteiger partial charge < -0.3 is 0 Å². The van der Waals surface area contributed by atoms with Gasteiger partial charge in [0.15, 0.2) is 0 Å². The molecule has 1 atom stereocenters. The molecule has 0 radical (unpaired) electrons. The van der Waals surface area contributed by atoms with Crippen molar-refractivity contribution < 1.29 is 0 Å². The fourth-order valence-electron chi connectivity index (χ4n) is 0.765. The molecule has 9 heavy (non-hydrogen) atoms. The molecule has 0 aromatic carbocycles. The van der Waals surface area contributed by atoms with Gasteiger partial charge in [0.05, 0.1) is 0 Å². The third kappa shape index (κ3) is 1.77. The molecule has 0 N–H and O–H groups in total. The number of hydrogen-bond acceptors (Lipinski definition) is 1. The first kappa shape index (κ1) is 7.24. The Hall–Kier alpha value is 0.128. The topological polar surface area (TPSA) is 0 Å². The van der Waals surface area contributed by atoms with Gasteiger partial charge in [-0.25, -0.2) is 0 Å². The molecule has 1 rings (SSSR count). The summed E-state index contributed by atoms with van der Waals surface area (Å²) >= 11 is 6.84. The van der Waals surface area contributed by atoms with Crippen LogP contribution in [0.25, 0.3) is 0 Å². The van der Waals surface area contributed by atoms with Gasteiger partial charge in [-0.1, -0.05) is 0 Å². The monoisotopic (exact) mass is 200 g/mol. The van der Waals surface area contributed by atoms with Gasteiger partial charge in [-0.15, -0.1) is 0 Å². The predicted molar refractivity (Wildman–Crippen MR) is 47.8 cm³/mol. The van der Waals surface area contributed by atoms with E-state index in [2.05, 4.69) is 18.2 Å². The normalized spacial score (nSPS) is 17.9. The second kappa shape index (κ2) is 3.34. The van der Waals surface area contributed by atoms with Crippen LogP contribution in [0.2, 0.25) is 5.21 Å². The van der Waals surface area contributed by atoms with Crippen LogP contribution in [0.15, 0.2) is 23.8 Å². The van der Waals surface area contributed by atoms with E-state index in [-0.39, 0.29) is 0 Å². The van der Waals surface area contributed by atoms with Gasteiger partial charge in [-0.3, -0.25) is 0 Å². The van der Waals surface area contributed by atoms with Crippen molar-refractivity contribution >= 4 is 33.9 Å². The van der Waals surface area contributed by atoms with Gasteiger partial charge in [0.25, 0.3) is 0 Å². The zero-order valence-electron chi connectivity index (χ0n) is 5.13. The van der Waals surface area contributed by atoms with E-state index >= 15 is 0 Å².